The number of benzene rings is 4. The first kappa shape index (κ1) is 24.5. The minimum absolute atomic E-state index is 0.506. The lowest BCUT2D eigenvalue weighted by Crippen LogP contribution is -2.44. The third-order valence-electron chi connectivity index (χ3n) is 6.13. The van der Waals surface area contributed by atoms with Crippen LogP contribution in [-0.4, -0.2) is 38.4 Å². The van der Waals surface area contributed by atoms with Crippen molar-refractivity contribution in [1.29, 1.82) is 0 Å². The third kappa shape index (κ3) is 4.66. The van der Waals surface area contributed by atoms with Gasteiger partial charge in [0.25, 0.3) is 0 Å². The van der Waals surface area contributed by atoms with Gasteiger partial charge in [-0.2, -0.15) is 0 Å². The maximum Gasteiger partial charge on any atom is 0.225 e. The molecule has 0 fully saturated rings. The minimum atomic E-state index is -1.98. The van der Waals surface area contributed by atoms with Crippen LogP contribution < -0.4 is 9.80 Å². The zero-order valence-corrected chi connectivity index (χ0v) is 20.6. The number of anilines is 2. The van der Waals surface area contributed by atoms with Gasteiger partial charge in [-0.1, -0.05) is 97.1 Å². The lowest BCUT2D eigenvalue weighted by atomic mass is 9.91. The number of ether oxygens (including phenoxy) is 1. The quantitative estimate of drug-likeness (QED) is 0.360. The zero-order chi connectivity index (χ0) is 25.1. The van der Waals surface area contributed by atoms with Crippen molar-refractivity contribution in [3.05, 3.63) is 131 Å². The highest BCUT2D eigenvalue weighted by Crippen LogP contribution is 2.46. The predicted molar refractivity (Wildman–Crippen MR) is 142 cm³/mol. The molecule has 2 unspecified atom stereocenters. The Hall–Kier alpha value is -3.64. The summed E-state index contributed by atoms with van der Waals surface area (Å²) in [6.07, 6.45) is 0. The molecule has 5 heteroatoms. The zero-order valence-electron chi connectivity index (χ0n) is 20.6. The fourth-order valence-corrected chi connectivity index (χ4v) is 4.38. The Bertz CT molecular complexity index is 1160. The molecule has 0 radical (unpaired) electrons. The summed E-state index contributed by atoms with van der Waals surface area (Å²) >= 11 is 0. The smallest absolute Gasteiger partial charge is 0.225 e. The maximum atomic E-state index is 12.4. The second kappa shape index (κ2) is 9.92. The Morgan fingerprint density at radius 2 is 0.800 bits per heavy atom. The predicted octanol–water partition coefficient (Wildman–Crippen LogP) is 4.92. The normalized spacial score (nSPS) is 14.6. The van der Waals surface area contributed by atoms with E-state index in [-0.39, 0.29) is 0 Å². The van der Waals surface area contributed by atoms with E-state index in [1.807, 2.05) is 123 Å². The number of para-hydroxylation sites is 2. The highest BCUT2D eigenvalue weighted by molar-refractivity contribution is 5.59. The molecule has 0 saturated carbocycles. The molecule has 0 aromatic heterocycles. The molecule has 2 N–H and O–H groups in total. The molecule has 0 bridgehead atoms. The number of hydrogen-bond donors (Lipinski definition) is 2. The molecule has 4 rings (SSSR count). The Balaban J connectivity index is 2.01. The van der Waals surface area contributed by atoms with Crippen LogP contribution in [0.2, 0.25) is 0 Å². The molecule has 4 aromatic carbocycles. The lowest BCUT2D eigenvalue weighted by Gasteiger charge is -2.41. The van der Waals surface area contributed by atoms with Crippen LogP contribution in [0.1, 0.15) is 22.3 Å². The first-order valence-electron chi connectivity index (χ1n) is 11.6. The highest BCUT2D eigenvalue weighted by Gasteiger charge is 2.47. The molecule has 0 aliphatic heterocycles. The van der Waals surface area contributed by atoms with Crippen LogP contribution in [-0.2, 0) is 16.3 Å². The van der Waals surface area contributed by atoms with Gasteiger partial charge in [0.05, 0.1) is 0 Å². The summed E-state index contributed by atoms with van der Waals surface area (Å²) in [5.41, 5.74) is 3.60. The van der Waals surface area contributed by atoms with Crippen LogP contribution in [0.25, 0.3) is 0 Å². The lowest BCUT2D eigenvalue weighted by molar-refractivity contribution is -0.312. The standard InChI is InChI=1S/C30H32N2O3/c1-31(2)27-21-13-11-19-25(27)29(33,23-15-7-5-8-16-23)35-30(34,24-17-9-6-10-18-24)26-20-12-14-22-28(26)32(3)4/h5-22,33-34H,1-4H3. The third-order valence-corrected chi connectivity index (χ3v) is 6.13. The van der Waals surface area contributed by atoms with Gasteiger partial charge in [-0.15, -0.1) is 0 Å². The van der Waals surface area contributed by atoms with Gasteiger partial charge in [0, 0.05) is 61.8 Å². The van der Waals surface area contributed by atoms with Gasteiger partial charge in [-0.3, -0.25) is 0 Å². The highest BCUT2D eigenvalue weighted by atomic mass is 16.7. The molecular weight excluding hydrogens is 436 g/mol. The summed E-state index contributed by atoms with van der Waals surface area (Å²) in [5, 5.41) is 24.9. The van der Waals surface area contributed by atoms with E-state index >= 15 is 0 Å². The van der Waals surface area contributed by atoms with Gasteiger partial charge < -0.3 is 24.7 Å². The Morgan fingerprint density at radius 1 is 0.486 bits per heavy atom. The van der Waals surface area contributed by atoms with Crippen LogP contribution >= 0.6 is 0 Å². The van der Waals surface area contributed by atoms with Gasteiger partial charge in [-0.25, -0.2) is 0 Å². The summed E-state index contributed by atoms with van der Waals surface area (Å²) in [6.45, 7) is 0. The van der Waals surface area contributed by atoms with Crippen molar-refractivity contribution in [2.24, 2.45) is 0 Å². The fourth-order valence-electron chi connectivity index (χ4n) is 4.38. The summed E-state index contributed by atoms with van der Waals surface area (Å²) < 4.78 is 6.61. The molecule has 0 amide bonds. The SMILES string of the molecule is CN(C)c1ccccc1C(O)(OC(O)(c1ccccc1)c1ccccc1N(C)C)c1ccccc1. The number of aliphatic hydroxyl groups is 2. The van der Waals surface area contributed by atoms with Crippen molar-refractivity contribution in [3.63, 3.8) is 0 Å². The molecule has 5 nitrogen and oxygen atoms in total. The summed E-state index contributed by atoms with van der Waals surface area (Å²) in [5.74, 6) is -3.96. The van der Waals surface area contributed by atoms with Crippen molar-refractivity contribution < 1.29 is 14.9 Å². The Labute approximate surface area is 207 Å². The van der Waals surface area contributed by atoms with Gasteiger partial charge in [0.2, 0.25) is 11.6 Å². The largest absolute Gasteiger partial charge is 0.377 e. The molecular formula is C30H32N2O3. The Kier molecular flexibility index (Phi) is 6.94. The van der Waals surface area contributed by atoms with Crippen LogP contribution in [0, 0.1) is 0 Å². The van der Waals surface area contributed by atoms with E-state index in [9.17, 15) is 10.2 Å². The van der Waals surface area contributed by atoms with Crippen LogP contribution in [0.4, 0.5) is 11.4 Å². The second-order valence-electron chi connectivity index (χ2n) is 8.95. The van der Waals surface area contributed by atoms with E-state index in [1.165, 1.54) is 0 Å². The summed E-state index contributed by atoms with van der Waals surface area (Å²) in [4.78, 5) is 3.84. The molecule has 2 atom stereocenters. The molecule has 180 valence electrons. The number of hydrogen-bond acceptors (Lipinski definition) is 5. The average molecular weight is 469 g/mol. The molecule has 0 heterocycles. The first-order valence-corrected chi connectivity index (χ1v) is 11.6. The maximum absolute atomic E-state index is 12.4. The van der Waals surface area contributed by atoms with Crippen LogP contribution in [0.5, 0.6) is 0 Å². The van der Waals surface area contributed by atoms with Crippen molar-refractivity contribution in [1.82, 2.24) is 0 Å². The summed E-state index contributed by atoms with van der Waals surface area (Å²) in [7, 11) is 7.65. The van der Waals surface area contributed by atoms with Crippen molar-refractivity contribution in [2.75, 3.05) is 38.0 Å². The molecule has 0 aliphatic rings. The summed E-state index contributed by atoms with van der Waals surface area (Å²) in [6, 6.07) is 33.4. The average Bonchev–Trinajstić information content (AvgIpc) is 2.89. The second-order valence-corrected chi connectivity index (χ2v) is 8.95. The van der Waals surface area contributed by atoms with E-state index < -0.39 is 11.6 Å². The van der Waals surface area contributed by atoms with Crippen molar-refractivity contribution in [2.45, 2.75) is 11.6 Å². The number of nitrogens with zero attached hydrogens (tertiary/aromatic N) is 2. The van der Waals surface area contributed by atoms with E-state index in [0.717, 1.165) is 11.4 Å². The van der Waals surface area contributed by atoms with E-state index in [0.29, 0.717) is 22.3 Å². The van der Waals surface area contributed by atoms with Gasteiger partial charge in [0.1, 0.15) is 0 Å². The molecule has 4 aromatic rings. The van der Waals surface area contributed by atoms with Gasteiger partial charge >= 0.3 is 0 Å². The molecule has 0 saturated heterocycles. The molecule has 0 aliphatic carbocycles. The monoisotopic (exact) mass is 468 g/mol. The number of rotatable bonds is 8. The van der Waals surface area contributed by atoms with Crippen molar-refractivity contribution >= 4 is 11.4 Å². The van der Waals surface area contributed by atoms with Crippen LogP contribution in [0.3, 0.4) is 0 Å². The Morgan fingerprint density at radius 3 is 1.14 bits per heavy atom. The van der Waals surface area contributed by atoms with Crippen molar-refractivity contribution in [3.8, 4) is 0 Å². The minimum Gasteiger partial charge on any atom is -0.377 e. The molecule has 0 spiro atoms. The topological polar surface area (TPSA) is 56.2 Å². The first-order chi connectivity index (χ1) is 16.8. The molecule has 35 heavy (non-hydrogen) atoms. The van der Waals surface area contributed by atoms with Gasteiger partial charge in [-0.05, 0) is 12.1 Å². The van der Waals surface area contributed by atoms with Gasteiger partial charge in [0.15, 0.2) is 0 Å². The van der Waals surface area contributed by atoms with Crippen LogP contribution in [0.15, 0.2) is 109 Å². The van der Waals surface area contributed by atoms with E-state index in [4.69, 9.17) is 4.74 Å². The fraction of sp³-hybridized carbons (Fsp3) is 0.200. The van der Waals surface area contributed by atoms with E-state index in [1.54, 1.807) is 24.3 Å². The van der Waals surface area contributed by atoms with E-state index in [2.05, 4.69) is 0 Å².